The summed E-state index contributed by atoms with van der Waals surface area (Å²) in [6.07, 6.45) is 4.83. The van der Waals surface area contributed by atoms with E-state index in [0.717, 1.165) is 12.0 Å². The van der Waals surface area contributed by atoms with Crippen molar-refractivity contribution in [3.8, 4) is 0 Å². The SMILES string of the molecule is CC1=CC(C)(Cc2ccccc2)C(=O)C(C)=C1. The largest absolute Gasteiger partial charge is 0.294 e. The first-order chi connectivity index (χ1) is 8.01. The normalized spacial score (nSPS) is 24.3. The fraction of sp³-hybridized carbons (Fsp3) is 0.312. The van der Waals surface area contributed by atoms with Gasteiger partial charge in [-0.15, -0.1) is 0 Å². The van der Waals surface area contributed by atoms with Crippen molar-refractivity contribution in [1.82, 2.24) is 0 Å². The van der Waals surface area contributed by atoms with E-state index in [1.54, 1.807) is 0 Å². The van der Waals surface area contributed by atoms with Gasteiger partial charge in [0, 0.05) is 0 Å². The van der Waals surface area contributed by atoms with Gasteiger partial charge in [-0.2, -0.15) is 0 Å². The molecule has 1 atom stereocenters. The summed E-state index contributed by atoms with van der Waals surface area (Å²) in [6, 6.07) is 10.2. The fourth-order valence-corrected chi connectivity index (χ4v) is 2.62. The number of carbonyl (C=O) groups is 1. The van der Waals surface area contributed by atoms with Gasteiger partial charge in [-0.05, 0) is 38.3 Å². The first-order valence-electron chi connectivity index (χ1n) is 5.98. The van der Waals surface area contributed by atoms with Crippen LogP contribution < -0.4 is 0 Å². The average Bonchev–Trinajstić information content (AvgIpc) is 2.27. The Bertz CT molecular complexity index is 494. The molecule has 0 aliphatic heterocycles. The summed E-state index contributed by atoms with van der Waals surface area (Å²) in [5.41, 5.74) is 2.87. The molecule has 1 aromatic rings. The Labute approximate surface area is 103 Å². The number of allylic oxidation sites excluding steroid dienone is 4. The second-order valence-corrected chi connectivity index (χ2v) is 5.12. The average molecular weight is 226 g/mol. The standard InChI is InChI=1S/C16H18O/c1-12-9-13(2)15(17)16(3,10-12)11-14-7-5-4-6-8-14/h4-10H,11H2,1-3H3. The summed E-state index contributed by atoms with van der Waals surface area (Å²) >= 11 is 0. The van der Waals surface area contributed by atoms with Gasteiger partial charge in [-0.1, -0.05) is 48.1 Å². The molecule has 88 valence electrons. The fourth-order valence-electron chi connectivity index (χ4n) is 2.62. The smallest absolute Gasteiger partial charge is 0.168 e. The lowest BCUT2D eigenvalue weighted by Crippen LogP contribution is -2.31. The first-order valence-corrected chi connectivity index (χ1v) is 5.98. The zero-order valence-electron chi connectivity index (χ0n) is 10.7. The van der Waals surface area contributed by atoms with Gasteiger partial charge in [0.25, 0.3) is 0 Å². The molecule has 1 aliphatic carbocycles. The molecule has 1 aromatic carbocycles. The molecule has 1 heteroatoms. The van der Waals surface area contributed by atoms with Crippen LogP contribution in [-0.2, 0) is 11.2 Å². The highest BCUT2D eigenvalue weighted by Crippen LogP contribution is 2.33. The van der Waals surface area contributed by atoms with Crippen LogP contribution in [-0.4, -0.2) is 5.78 Å². The Hall–Kier alpha value is -1.63. The predicted octanol–water partition coefficient (Wildman–Crippen LogP) is 3.71. The lowest BCUT2D eigenvalue weighted by Gasteiger charge is -2.29. The first kappa shape index (κ1) is 11.8. The van der Waals surface area contributed by atoms with Gasteiger partial charge in [0.1, 0.15) is 0 Å². The van der Waals surface area contributed by atoms with Crippen LogP contribution in [0.3, 0.4) is 0 Å². The van der Waals surface area contributed by atoms with E-state index in [-0.39, 0.29) is 11.2 Å². The van der Waals surface area contributed by atoms with Gasteiger partial charge in [-0.25, -0.2) is 0 Å². The summed E-state index contributed by atoms with van der Waals surface area (Å²) in [5, 5.41) is 0. The number of rotatable bonds is 2. The van der Waals surface area contributed by atoms with E-state index in [0.29, 0.717) is 0 Å². The van der Waals surface area contributed by atoms with Gasteiger partial charge in [-0.3, -0.25) is 4.79 Å². The highest BCUT2D eigenvalue weighted by atomic mass is 16.1. The Morgan fingerprint density at radius 1 is 1.12 bits per heavy atom. The van der Waals surface area contributed by atoms with Crippen LogP contribution >= 0.6 is 0 Å². The van der Waals surface area contributed by atoms with Gasteiger partial charge in [0.2, 0.25) is 0 Å². The molecule has 0 radical (unpaired) electrons. The Morgan fingerprint density at radius 2 is 1.76 bits per heavy atom. The highest BCUT2D eigenvalue weighted by molar-refractivity contribution is 6.02. The summed E-state index contributed by atoms with van der Waals surface area (Å²) < 4.78 is 0. The third kappa shape index (κ3) is 2.38. The number of hydrogen-bond donors (Lipinski definition) is 0. The third-order valence-corrected chi connectivity index (χ3v) is 3.28. The zero-order valence-corrected chi connectivity index (χ0v) is 10.7. The predicted molar refractivity (Wildman–Crippen MR) is 70.8 cm³/mol. The number of hydrogen-bond acceptors (Lipinski definition) is 1. The maximum Gasteiger partial charge on any atom is 0.168 e. The molecule has 1 unspecified atom stereocenters. The summed E-state index contributed by atoms with van der Waals surface area (Å²) in [5.74, 6) is 0.243. The van der Waals surface area contributed by atoms with Crippen molar-refractivity contribution in [2.75, 3.05) is 0 Å². The van der Waals surface area contributed by atoms with Crippen LogP contribution in [0.25, 0.3) is 0 Å². The van der Waals surface area contributed by atoms with Crippen molar-refractivity contribution >= 4 is 5.78 Å². The summed E-state index contributed by atoms with van der Waals surface area (Å²) in [7, 11) is 0. The second kappa shape index (κ2) is 4.33. The van der Waals surface area contributed by atoms with E-state index >= 15 is 0 Å². The Balaban J connectivity index is 2.31. The van der Waals surface area contributed by atoms with E-state index in [1.165, 1.54) is 11.1 Å². The minimum Gasteiger partial charge on any atom is -0.294 e. The highest BCUT2D eigenvalue weighted by Gasteiger charge is 2.33. The molecule has 1 nitrogen and oxygen atoms in total. The minimum atomic E-state index is -0.385. The molecular formula is C16H18O. The van der Waals surface area contributed by atoms with Gasteiger partial charge in [0.15, 0.2) is 5.78 Å². The number of benzene rings is 1. The van der Waals surface area contributed by atoms with E-state index in [2.05, 4.69) is 25.1 Å². The maximum atomic E-state index is 12.3. The van der Waals surface area contributed by atoms with Crippen molar-refractivity contribution in [1.29, 1.82) is 0 Å². The third-order valence-electron chi connectivity index (χ3n) is 3.28. The zero-order chi connectivity index (χ0) is 12.5. The topological polar surface area (TPSA) is 17.1 Å². The molecule has 0 spiro atoms. The van der Waals surface area contributed by atoms with E-state index in [4.69, 9.17) is 0 Å². The minimum absolute atomic E-state index is 0.243. The van der Waals surface area contributed by atoms with E-state index < -0.39 is 0 Å². The molecule has 0 bridgehead atoms. The summed E-state index contributed by atoms with van der Waals surface area (Å²) in [6.45, 7) is 5.99. The van der Waals surface area contributed by atoms with Gasteiger partial charge >= 0.3 is 0 Å². The van der Waals surface area contributed by atoms with Crippen molar-refractivity contribution in [2.45, 2.75) is 27.2 Å². The van der Waals surface area contributed by atoms with Crippen LogP contribution in [0.1, 0.15) is 26.3 Å². The van der Waals surface area contributed by atoms with Gasteiger partial charge in [0.05, 0.1) is 5.41 Å². The molecule has 0 aromatic heterocycles. The molecule has 0 heterocycles. The molecule has 17 heavy (non-hydrogen) atoms. The lowest BCUT2D eigenvalue weighted by atomic mass is 9.73. The molecule has 0 saturated heterocycles. The monoisotopic (exact) mass is 226 g/mol. The van der Waals surface area contributed by atoms with E-state index in [1.807, 2.05) is 38.1 Å². The molecule has 0 saturated carbocycles. The van der Waals surface area contributed by atoms with Crippen molar-refractivity contribution in [3.63, 3.8) is 0 Å². The van der Waals surface area contributed by atoms with Crippen LogP contribution in [0.5, 0.6) is 0 Å². The van der Waals surface area contributed by atoms with Crippen LogP contribution in [0.2, 0.25) is 0 Å². The molecule has 1 aliphatic rings. The molecular weight excluding hydrogens is 208 g/mol. The molecule has 2 rings (SSSR count). The Kier molecular flexibility index (Phi) is 3.01. The quantitative estimate of drug-likeness (QED) is 0.751. The van der Waals surface area contributed by atoms with Crippen molar-refractivity contribution < 1.29 is 4.79 Å². The van der Waals surface area contributed by atoms with Crippen molar-refractivity contribution in [3.05, 3.63) is 59.2 Å². The molecule has 0 fully saturated rings. The number of carbonyl (C=O) groups excluding carboxylic acids is 1. The second-order valence-electron chi connectivity index (χ2n) is 5.12. The Morgan fingerprint density at radius 3 is 2.41 bits per heavy atom. The molecule has 0 amide bonds. The number of ketones is 1. The van der Waals surface area contributed by atoms with Gasteiger partial charge < -0.3 is 0 Å². The summed E-state index contributed by atoms with van der Waals surface area (Å²) in [4.78, 5) is 12.3. The van der Waals surface area contributed by atoms with Crippen LogP contribution in [0.15, 0.2) is 53.6 Å². The van der Waals surface area contributed by atoms with Crippen LogP contribution in [0.4, 0.5) is 0 Å². The molecule has 0 N–H and O–H groups in total. The number of Topliss-reactive ketones (excluding diaryl/α,β-unsaturated/α-hetero) is 1. The van der Waals surface area contributed by atoms with E-state index in [9.17, 15) is 4.79 Å². The van der Waals surface area contributed by atoms with Crippen LogP contribution in [0, 0.1) is 5.41 Å². The lowest BCUT2D eigenvalue weighted by molar-refractivity contribution is -0.122. The maximum absolute atomic E-state index is 12.3. The van der Waals surface area contributed by atoms with Crippen molar-refractivity contribution in [2.24, 2.45) is 5.41 Å².